The third-order valence-electron chi connectivity index (χ3n) is 3.32. The molecule has 1 aromatic carbocycles. The molecule has 8 heteroatoms. The number of hydrogen-bond acceptors (Lipinski definition) is 6. The van der Waals surface area contributed by atoms with Gasteiger partial charge in [-0.05, 0) is 43.3 Å². The Hall–Kier alpha value is -3.00. The molecule has 2 heterocycles. The number of nitrogens with one attached hydrogen (secondary N) is 1. The minimum absolute atomic E-state index is 0.0118. The first kappa shape index (κ1) is 16.8. The summed E-state index contributed by atoms with van der Waals surface area (Å²) in [6, 6.07) is 12.3. The van der Waals surface area contributed by atoms with Gasteiger partial charge in [-0.1, -0.05) is 17.8 Å². The standard InChI is InChI=1S/C17H15N5O2S/c1-12(23)13-5-7-14(8-6-13)20-16(24)10-25-17-21-19-11-22(17)15-4-2-3-9-18-15/h2-9,11H,10H2,1H3,(H,20,24). The van der Waals surface area contributed by atoms with Crippen molar-refractivity contribution in [2.45, 2.75) is 12.1 Å². The van der Waals surface area contributed by atoms with E-state index in [-0.39, 0.29) is 17.4 Å². The van der Waals surface area contributed by atoms with Crippen molar-refractivity contribution in [3.63, 3.8) is 0 Å². The molecule has 3 aromatic rings. The molecule has 7 nitrogen and oxygen atoms in total. The number of ketones is 1. The lowest BCUT2D eigenvalue weighted by Gasteiger charge is -2.06. The van der Waals surface area contributed by atoms with Gasteiger partial charge in [0, 0.05) is 17.4 Å². The summed E-state index contributed by atoms with van der Waals surface area (Å²) < 4.78 is 1.72. The molecule has 126 valence electrons. The molecule has 3 rings (SSSR count). The number of anilines is 1. The van der Waals surface area contributed by atoms with Crippen LogP contribution in [0.4, 0.5) is 5.69 Å². The number of benzene rings is 1. The van der Waals surface area contributed by atoms with Crippen LogP contribution in [-0.2, 0) is 4.79 Å². The summed E-state index contributed by atoms with van der Waals surface area (Å²) in [6.07, 6.45) is 3.24. The molecule has 0 fully saturated rings. The number of rotatable bonds is 6. The number of pyridine rings is 1. The summed E-state index contributed by atoms with van der Waals surface area (Å²) in [6.45, 7) is 1.50. The molecule has 25 heavy (non-hydrogen) atoms. The molecule has 0 unspecified atom stereocenters. The fraction of sp³-hybridized carbons (Fsp3) is 0.118. The van der Waals surface area contributed by atoms with Crippen LogP contribution in [0.25, 0.3) is 5.82 Å². The molecule has 0 aliphatic rings. The summed E-state index contributed by atoms with van der Waals surface area (Å²) >= 11 is 1.27. The van der Waals surface area contributed by atoms with Crippen LogP contribution >= 0.6 is 11.8 Å². The third-order valence-corrected chi connectivity index (χ3v) is 4.26. The van der Waals surface area contributed by atoms with Crippen LogP contribution < -0.4 is 5.32 Å². The Morgan fingerprint density at radius 3 is 2.64 bits per heavy atom. The third kappa shape index (κ3) is 4.30. The first-order valence-electron chi connectivity index (χ1n) is 7.48. The van der Waals surface area contributed by atoms with Crippen LogP contribution in [0.5, 0.6) is 0 Å². The molecule has 2 aromatic heterocycles. The van der Waals surface area contributed by atoms with Crippen LogP contribution in [0, 0.1) is 0 Å². The molecule has 0 aliphatic carbocycles. The summed E-state index contributed by atoms with van der Waals surface area (Å²) in [5, 5.41) is 11.3. The van der Waals surface area contributed by atoms with Gasteiger partial charge in [0.05, 0.1) is 5.75 Å². The molecule has 1 N–H and O–H groups in total. The molecule has 0 spiro atoms. The number of nitrogens with zero attached hydrogens (tertiary/aromatic N) is 4. The van der Waals surface area contributed by atoms with Crippen LogP contribution in [-0.4, -0.2) is 37.2 Å². The minimum Gasteiger partial charge on any atom is -0.325 e. The van der Waals surface area contributed by atoms with Gasteiger partial charge in [0.2, 0.25) is 5.91 Å². The lowest BCUT2D eigenvalue weighted by atomic mass is 10.1. The van der Waals surface area contributed by atoms with E-state index in [1.165, 1.54) is 18.7 Å². The van der Waals surface area contributed by atoms with E-state index in [4.69, 9.17) is 0 Å². The Balaban J connectivity index is 1.60. The van der Waals surface area contributed by atoms with E-state index < -0.39 is 0 Å². The Morgan fingerprint density at radius 1 is 1.16 bits per heavy atom. The van der Waals surface area contributed by atoms with Crippen molar-refractivity contribution in [3.05, 3.63) is 60.6 Å². The van der Waals surface area contributed by atoms with Gasteiger partial charge in [-0.25, -0.2) is 4.98 Å². The number of Topliss-reactive ketones (excluding diaryl/α,β-unsaturated/α-hetero) is 1. The van der Waals surface area contributed by atoms with Gasteiger partial charge in [0.1, 0.15) is 12.1 Å². The zero-order valence-electron chi connectivity index (χ0n) is 13.4. The highest BCUT2D eigenvalue weighted by Gasteiger charge is 2.11. The highest BCUT2D eigenvalue weighted by molar-refractivity contribution is 7.99. The quantitative estimate of drug-likeness (QED) is 0.541. The number of carbonyl (C=O) groups is 2. The van der Waals surface area contributed by atoms with Crippen LogP contribution in [0.15, 0.2) is 60.1 Å². The van der Waals surface area contributed by atoms with Crippen molar-refractivity contribution in [1.82, 2.24) is 19.7 Å². The van der Waals surface area contributed by atoms with E-state index in [0.717, 1.165) is 0 Å². The highest BCUT2D eigenvalue weighted by atomic mass is 32.2. The van der Waals surface area contributed by atoms with E-state index in [1.807, 2.05) is 18.2 Å². The Morgan fingerprint density at radius 2 is 1.96 bits per heavy atom. The van der Waals surface area contributed by atoms with Crippen molar-refractivity contribution < 1.29 is 9.59 Å². The van der Waals surface area contributed by atoms with Crippen molar-refractivity contribution >= 4 is 29.1 Å². The lowest BCUT2D eigenvalue weighted by Crippen LogP contribution is -2.14. The number of carbonyl (C=O) groups excluding carboxylic acids is 2. The summed E-state index contributed by atoms with van der Waals surface area (Å²) in [5.74, 6) is 0.689. The second-order valence-corrected chi connectivity index (χ2v) is 6.08. The SMILES string of the molecule is CC(=O)c1ccc(NC(=O)CSc2nncn2-c2ccccn2)cc1. The van der Waals surface area contributed by atoms with Crippen molar-refractivity contribution in [2.75, 3.05) is 11.1 Å². The van der Waals surface area contributed by atoms with E-state index in [9.17, 15) is 9.59 Å². The first-order chi connectivity index (χ1) is 12.1. The molecular formula is C17H15N5O2S. The minimum atomic E-state index is -0.170. The predicted molar refractivity (Wildman–Crippen MR) is 95.0 cm³/mol. The predicted octanol–water partition coefficient (Wildman–Crippen LogP) is 2.60. The van der Waals surface area contributed by atoms with Crippen molar-refractivity contribution in [3.8, 4) is 5.82 Å². The summed E-state index contributed by atoms with van der Waals surface area (Å²) in [7, 11) is 0. The second-order valence-electron chi connectivity index (χ2n) is 5.14. The molecule has 0 aliphatic heterocycles. The van der Waals surface area contributed by atoms with Gasteiger partial charge < -0.3 is 5.32 Å². The molecule has 0 bridgehead atoms. The normalized spacial score (nSPS) is 10.4. The van der Waals surface area contributed by atoms with Gasteiger partial charge in [-0.15, -0.1) is 10.2 Å². The van der Waals surface area contributed by atoms with Gasteiger partial charge in [-0.3, -0.25) is 14.2 Å². The number of amides is 1. The molecule has 0 radical (unpaired) electrons. The second kappa shape index (κ2) is 7.71. The summed E-state index contributed by atoms with van der Waals surface area (Å²) in [5.41, 5.74) is 1.25. The largest absolute Gasteiger partial charge is 0.325 e. The topological polar surface area (TPSA) is 89.8 Å². The van der Waals surface area contributed by atoms with E-state index >= 15 is 0 Å². The Kier molecular flexibility index (Phi) is 5.20. The zero-order valence-corrected chi connectivity index (χ0v) is 14.2. The number of aromatic nitrogens is 4. The van der Waals surface area contributed by atoms with Crippen LogP contribution in [0.2, 0.25) is 0 Å². The highest BCUT2D eigenvalue weighted by Crippen LogP contribution is 2.18. The van der Waals surface area contributed by atoms with Crippen molar-refractivity contribution in [2.24, 2.45) is 0 Å². The fourth-order valence-corrected chi connectivity index (χ4v) is 2.81. The average molecular weight is 353 g/mol. The molecule has 0 saturated carbocycles. The van der Waals surface area contributed by atoms with E-state index in [1.54, 1.807) is 41.4 Å². The fourth-order valence-electron chi connectivity index (χ4n) is 2.09. The molecule has 1 amide bonds. The van der Waals surface area contributed by atoms with Gasteiger partial charge in [0.25, 0.3) is 0 Å². The van der Waals surface area contributed by atoms with Crippen molar-refractivity contribution in [1.29, 1.82) is 0 Å². The maximum Gasteiger partial charge on any atom is 0.234 e. The Labute approximate surface area is 148 Å². The first-order valence-corrected chi connectivity index (χ1v) is 8.47. The van der Waals surface area contributed by atoms with Gasteiger partial charge in [0.15, 0.2) is 10.9 Å². The van der Waals surface area contributed by atoms with Crippen LogP contribution in [0.1, 0.15) is 17.3 Å². The number of hydrogen-bond donors (Lipinski definition) is 1. The zero-order chi connectivity index (χ0) is 17.6. The van der Waals surface area contributed by atoms with Gasteiger partial charge >= 0.3 is 0 Å². The number of thioether (sulfide) groups is 1. The lowest BCUT2D eigenvalue weighted by molar-refractivity contribution is -0.113. The maximum absolute atomic E-state index is 12.1. The van der Waals surface area contributed by atoms with E-state index in [0.29, 0.717) is 22.2 Å². The molecule has 0 atom stereocenters. The monoisotopic (exact) mass is 353 g/mol. The van der Waals surface area contributed by atoms with Crippen LogP contribution in [0.3, 0.4) is 0 Å². The Bertz CT molecular complexity index is 878. The van der Waals surface area contributed by atoms with Gasteiger partial charge in [-0.2, -0.15) is 0 Å². The maximum atomic E-state index is 12.1. The molecular weight excluding hydrogens is 338 g/mol. The van der Waals surface area contributed by atoms with E-state index in [2.05, 4.69) is 20.5 Å². The summed E-state index contributed by atoms with van der Waals surface area (Å²) in [4.78, 5) is 27.6. The average Bonchev–Trinajstić information content (AvgIpc) is 3.10. The molecule has 0 saturated heterocycles. The smallest absolute Gasteiger partial charge is 0.234 e.